The summed E-state index contributed by atoms with van der Waals surface area (Å²) in [4.78, 5) is 11.9. The number of halogens is 3. The van der Waals surface area contributed by atoms with E-state index < -0.39 is 17.7 Å². The fourth-order valence-electron chi connectivity index (χ4n) is 1.37. The molecule has 0 unspecified atom stereocenters. The maximum Gasteiger partial charge on any atom is 0.417 e. The molecular formula is C12H12F3NO2. The van der Waals surface area contributed by atoms with Gasteiger partial charge in [0.1, 0.15) is 0 Å². The van der Waals surface area contributed by atoms with E-state index in [-0.39, 0.29) is 5.56 Å². The minimum atomic E-state index is -4.52. The van der Waals surface area contributed by atoms with Crippen molar-refractivity contribution in [3.8, 4) is 0 Å². The molecule has 0 fully saturated rings. The van der Waals surface area contributed by atoms with Crippen LogP contribution in [-0.2, 0) is 11.0 Å². The molecule has 0 aliphatic rings. The Labute approximate surface area is 102 Å². The average molecular weight is 259 g/mol. The molecule has 1 rings (SSSR count). The molecule has 1 aromatic rings. The summed E-state index contributed by atoms with van der Waals surface area (Å²) < 4.78 is 38.4. The van der Waals surface area contributed by atoms with Crippen molar-refractivity contribution in [2.75, 3.05) is 19.0 Å². The average Bonchev–Trinajstić information content (AvgIpc) is 2.24. The molecule has 0 saturated carbocycles. The third kappa shape index (κ3) is 3.51. The maximum atomic E-state index is 12.8. The first-order valence-electron chi connectivity index (χ1n) is 5.01. The number of carboxylic acids is 1. The molecule has 0 saturated heterocycles. The molecule has 0 aliphatic heterocycles. The third-order valence-electron chi connectivity index (χ3n) is 2.26. The SMILES string of the molecule is CN(C)c1ccc(/C=C/C(=O)O)c(C(F)(F)F)c1. The van der Waals surface area contributed by atoms with Crippen LogP contribution in [-0.4, -0.2) is 25.2 Å². The Kier molecular flexibility index (Phi) is 4.00. The van der Waals surface area contributed by atoms with E-state index in [0.29, 0.717) is 11.8 Å². The molecule has 1 N–H and O–H groups in total. The summed E-state index contributed by atoms with van der Waals surface area (Å²) in [5.41, 5.74) is -0.628. The second-order valence-corrected chi connectivity index (χ2v) is 3.84. The molecule has 3 nitrogen and oxygen atoms in total. The molecule has 0 bridgehead atoms. The van der Waals surface area contributed by atoms with Crippen molar-refractivity contribution in [1.82, 2.24) is 0 Å². The van der Waals surface area contributed by atoms with Crippen molar-refractivity contribution >= 4 is 17.7 Å². The third-order valence-corrected chi connectivity index (χ3v) is 2.26. The summed E-state index contributed by atoms with van der Waals surface area (Å²) in [6.45, 7) is 0. The lowest BCUT2D eigenvalue weighted by atomic mass is 10.1. The predicted octanol–water partition coefficient (Wildman–Crippen LogP) is 2.87. The van der Waals surface area contributed by atoms with Gasteiger partial charge < -0.3 is 10.0 Å². The summed E-state index contributed by atoms with van der Waals surface area (Å²) in [5.74, 6) is -1.29. The monoisotopic (exact) mass is 259 g/mol. The number of carbonyl (C=O) groups is 1. The molecular weight excluding hydrogens is 247 g/mol. The van der Waals surface area contributed by atoms with E-state index in [1.54, 1.807) is 19.0 Å². The van der Waals surface area contributed by atoms with Crippen LogP contribution in [0.4, 0.5) is 18.9 Å². The molecule has 98 valence electrons. The number of hydrogen-bond acceptors (Lipinski definition) is 2. The van der Waals surface area contributed by atoms with Crippen molar-refractivity contribution in [2.24, 2.45) is 0 Å². The van der Waals surface area contributed by atoms with Crippen molar-refractivity contribution in [3.63, 3.8) is 0 Å². The molecule has 0 atom stereocenters. The van der Waals surface area contributed by atoms with Crippen molar-refractivity contribution in [2.45, 2.75) is 6.18 Å². The van der Waals surface area contributed by atoms with E-state index in [0.717, 1.165) is 12.1 Å². The molecule has 0 spiro atoms. The second kappa shape index (κ2) is 5.12. The lowest BCUT2D eigenvalue weighted by Crippen LogP contribution is -2.13. The van der Waals surface area contributed by atoms with Crippen LogP contribution in [0.2, 0.25) is 0 Å². The normalized spacial score (nSPS) is 11.8. The summed E-state index contributed by atoms with van der Waals surface area (Å²) in [5, 5.41) is 8.44. The standard InChI is InChI=1S/C12H12F3NO2/c1-16(2)9-5-3-8(4-6-11(17)18)10(7-9)12(13,14)15/h3-7H,1-2H3,(H,17,18)/b6-4+. The van der Waals surface area contributed by atoms with Crippen LogP contribution in [0.1, 0.15) is 11.1 Å². The Morgan fingerprint density at radius 2 is 1.94 bits per heavy atom. The van der Waals surface area contributed by atoms with E-state index >= 15 is 0 Å². The fraction of sp³-hybridized carbons (Fsp3) is 0.250. The van der Waals surface area contributed by atoms with E-state index in [1.807, 2.05) is 0 Å². The Morgan fingerprint density at radius 3 is 2.39 bits per heavy atom. The Morgan fingerprint density at radius 1 is 1.33 bits per heavy atom. The van der Waals surface area contributed by atoms with Gasteiger partial charge in [0.15, 0.2) is 0 Å². The number of aliphatic carboxylic acids is 1. The fourth-order valence-corrected chi connectivity index (χ4v) is 1.37. The first-order chi connectivity index (χ1) is 8.21. The van der Waals surface area contributed by atoms with Gasteiger partial charge in [0, 0.05) is 25.9 Å². The largest absolute Gasteiger partial charge is 0.478 e. The Bertz CT molecular complexity index is 479. The molecule has 0 heterocycles. The quantitative estimate of drug-likeness (QED) is 0.848. The zero-order valence-electron chi connectivity index (χ0n) is 9.82. The number of alkyl halides is 3. The van der Waals surface area contributed by atoms with Gasteiger partial charge in [-0.1, -0.05) is 6.07 Å². The van der Waals surface area contributed by atoms with Gasteiger partial charge in [0.25, 0.3) is 0 Å². The van der Waals surface area contributed by atoms with Gasteiger partial charge in [0.2, 0.25) is 0 Å². The van der Waals surface area contributed by atoms with Gasteiger partial charge in [-0.2, -0.15) is 13.2 Å². The second-order valence-electron chi connectivity index (χ2n) is 3.84. The smallest absolute Gasteiger partial charge is 0.417 e. The van der Waals surface area contributed by atoms with E-state index in [9.17, 15) is 18.0 Å². The van der Waals surface area contributed by atoms with E-state index in [2.05, 4.69) is 0 Å². The van der Waals surface area contributed by atoms with Gasteiger partial charge in [-0.25, -0.2) is 4.79 Å². The maximum absolute atomic E-state index is 12.8. The summed E-state index contributed by atoms with van der Waals surface area (Å²) >= 11 is 0. The Balaban J connectivity index is 3.30. The zero-order valence-corrected chi connectivity index (χ0v) is 9.82. The van der Waals surface area contributed by atoms with Gasteiger partial charge >= 0.3 is 12.1 Å². The van der Waals surface area contributed by atoms with E-state index in [4.69, 9.17) is 5.11 Å². The minimum Gasteiger partial charge on any atom is -0.478 e. The highest BCUT2D eigenvalue weighted by Crippen LogP contribution is 2.34. The summed E-state index contributed by atoms with van der Waals surface area (Å²) in [6, 6.07) is 3.73. The van der Waals surface area contributed by atoms with Gasteiger partial charge in [-0.05, 0) is 23.8 Å². The topological polar surface area (TPSA) is 40.5 Å². The number of carboxylic acid groups (broad SMARTS) is 1. The molecule has 1 aromatic carbocycles. The lowest BCUT2D eigenvalue weighted by Gasteiger charge is -2.17. The van der Waals surface area contributed by atoms with Crippen LogP contribution in [0, 0.1) is 0 Å². The number of rotatable bonds is 3. The van der Waals surface area contributed by atoms with Gasteiger partial charge in [0.05, 0.1) is 5.56 Å². The van der Waals surface area contributed by atoms with Crippen LogP contribution in [0.25, 0.3) is 6.08 Å². The minimum absolute atomic E-state index is 0.171. The van der Waals surface area contributed by atoms with E-state index in [1.165, 1.54) is 12.1 Å². The van der Waals surface area contributed by atoms with Gasteiger partial charge in [-0.3, -0.25) is 0 Å². The highest BCUT2D eigenvalue weighted by Gasteiger charge is 2.33. The van der Waals surface area contributed by atoms with Crippen LogP contribution < -0.4 is 4.90 Å². The molecule has 0 aliphatic carbocycles. The number of benzene rings is 1. The van der Waals surface area contributed by atoms with Crippen molar-refractivity contribution in [1.29, 1.82) is 0 Å². The van der Waals surface area contributed by atoms with Crippen molar-refractivity contribution in [3.05, 3.63) is 35.4 Å². The molecule has 18 heavy (non-hydrogen) atoms. The number of hydrogen-bond donors (Lipinski definition) is 1. The van der Waals surface area contributed by atoms with Crippen molar-refractivity contribution < 1.29 is 23.1 Å². The summed E-state index contributed by atoms with van der Waals surface area (Å²) in [6.07, 6.45) is -2.91. The summed E-state index contributed by atoms with van der Waals surface area (Å²) in [7, 11) is 3.25. The molecule has 0 aromatic heterocycles. The first kappa shape index (κ1) is 14.1. The number of anilines is 1. The molecule has 0 amide bonds. The highest BCUT2D eigenvalue weighted by atomic mass is 19.4. The molecule has 6 heteroatoms. The predicted molar refractivity (Wildman–Crippen MR) is 62.4 cm³/mol. The number of nitrogens with zero attached hydrogens (tertiary/aromatic N) is 1. The highest BCUT2D eigenvalue weighted by molar-refractivity contribution is 5.85. The van der Waals surface area contributed by atoms with Crippen LogP contribution in [0.5, 0.6) is 0 Å². The first-order valence-corrected chi connectivity index (χ1v) is 5.01. The molecule has 0 radical (unpaired) electrons. The van der Waals surface area contributed by atoms with Crippen LogP contribution in [0.15, 0.2) is 24.3 Å². The van der Waals surface area contributed by atoms with Crippen LogP contribution >= 0.6 is 0 Å². The van der Waals surface area contributed by atoms with Gasteiger partial charge in [-0.15, -0.1) is 0 Å². The zero-order chi connectivity index (χ0) is 13.9. The van der Waals surface area contributed by atoms with Crippen LogP contribution in [0.3, 0.4) is 0 Å². The lowest BCUT2D eigenvalue weighted by molar-refractivity contribution is -0.137. The Hall–Kier alpha value is -1.98.